The van der Waals surface area contributed by atoms with E-state index in [-0.39, 0.29) is 5.43 Å². The van der Waals surface area contributed by atoms with Gasteiger partial charge in [0.25, 0.3) is 0 Å². The van der Waals surface area contributed by atoms with Crippen molar-refractivity contribution < 1.29 is 0 Å². The van der Waals surface area contributed by atoms with E-state index in [1.54, 1.807) is 0 Å². The maximum absolute atomic E-state index is 11.2. The van der Waals surface area contributed by atoms with Crippen LogP contribution in [-0.2, 0) is 0 Å². The predicted octanol–water partition coefficient (Wildman–Crippen LogP) is 1.25. The Hall–Kier alpha value is -1.35. The van der Waals surface area contributed by atoms with E-state index in [1.165, 1.54) is 18.5 Å². The van der Waals surface area contributed by atoms with E-state index in [4.69, 9.17) is 5.73 Å². The van der Waals surface area contributed by atoms with Crippen molar-refractivity contribution in [1.29, 1.82) is 0 Å². The van der Waals surface area contributed by atoms with Gasteiger partial charge in [0.05, 0.1) is 0 Å². The Morgan fingerprint density at radius 3 is 2.62 bits per heavy atom. The fraction of sp³-hybridized carbons (Fsp3) is 0.462. The largest absolute Gasteiger partial charge is 0.371 e. The summed E-state index contributed by atoms with van der Waals surface area (Å²) in [5, 5.41) is 1.82. The topological polar surface area (TPSA) is 46.3 Å². The maximum Gasteiger partial charge on any atom is 0.194 e. The molecule has 2 N–H and O–H groups in total. The van der Waals surface area contributed by atoms with Crippen LogP contribution in [0.2, 0.25) is 0 Å². The molecule has 0 aliphatic carbocycles. The van der Waals surface area contributed by atoms with Gasteiger partial charge in [-0.05, 0) is 43.5 Å². The molecule has 1 aliphatic rings. The molecule has 2 aromatic rings. The van der Waals surface area contributed by atoms with Crippen molar-refractivity contribution in [2.75, 3.05) is 24.5 Å². The lowest BCUT2D eigenvalue weighted by atomic mass is 9.97. The summed E-state index contributed by atoms with van der Waals surface area (Å²) in [5.41, 5.74) is 7.09. The van der Waals surface area contributed by atoms with Gasteiger partial charge >= 0.3 is 0 Å². The van der Waals surface area contributed by atoms with E-state index in [9.17, 15) is 4.79 Å². The third-order valence-corrected chi connectivity index (χ3v) is 3.74. The SMILES string of the molecule is NCC1CCN(c2ccc3c(=O)c3c2)CC1. The van der Waals surface area contributed by atoms with Crippen LogP contribution in [0.25, 0.3) is 10.8 Å². The van der Waals surface area contributed by atoms with Gasteiger partial charge in [-0.25, -0.2) is 0 Å². The maximum atomic E-state index is 11.2. The molecule has 0 amide bonds. The van der Waals surface area contributed by atoms with Gasteiger partial charge in [0.2, 0.25) is 0 Å². The molecule has 1 heterocycles. The number of fused-ring (bicyclic) bond motifs is 1. The Kier molecular flexibility index (Phi) is 2.21. The molecule has 0 saturated carbocycles. The minimum Gasteiger partial charge on any atom is -0.371 e. The second-order valence-corrected chi connectivity index (χ2v) is 4.73. The van der Waals surface area contributed by atoms with Crippen LogP contribution >= 0.6 is 0 Å². The molecule has 0 spiro atoms. The van der Waals surface area contributed by atoms with E-state index in [0.29, 0.717) is 5.92 Å². The zero-order valence-corrected chi connectivity index (χ0v) is 9.28. The number of hydrogen-bond acceptors (Lipinski definition) is 3. The number of nitrogens with zero attached hydrogens (tertiary/aromatic N) is 1. The summed E-state index contributed by atoms with van der Waals surface area (Å²) in [6, 6.07) is 6.04. The first-order valence-corrected chi connectivity index (χ1v) is 5.93. The summed E-state index contributed by atoms with van der Waals surface area (Å²) in [7, 11) is 0. The van der Waals surface area contributed by atoms with E-state index in [0.717, 1.165) is 30.4 Å². The molecule has 2 aromatic carbocycles. The summed E-state index contributed by atoms with van der Waals surface area (Å²) in [6.07, 6.45) is 2.34. The van der Waals surface area contributed by atoms with Gasteiger partial charge in [-0.2, -0.15) is 0 Å². The van der Waals surface area contributed by atoms with Crippen molar-refractivity contribution in [1.82, 2.24) is 0 Å². The van der Waals surface area contributed by atoms with Gasteiger partial charge < -0.3 is 10.6 Å². The highest BCUT2D eigenvalue weighted by atomic mass is 16.1. The molecule has 0 unspecified atom stereocenters. The summed E-state index contributed by atoms with van der Waals surface area (Å²) in [4.78, 5) is 13.6. The van der Waals surface area contributed by atoms with Crippen LogP contribution in [0.3, 0.4) is 0 Å². The average molecular weight is 216 g/mol. The third kappa shape index (κ3) is 1.52. The van der Waals surface area contributed by atoms with E-state index in [1.807, 2.05) is 12.1 Å². The average Bonchev–Trinajstić information content (AvgIpc) is 3.00. The number of nitrogens with two attached hydrogens (primary N) is 1. The summed E-state index contributed by atoms with van der Waals surface area (Å²) in [5.74, 6) is 0.682. The van der Waals surface area contributed by atoms with E-state index in [2.05, 4.69) is 11.0 Å². The number of anilines is 1. The second kappa shape index (κ2) is 3.59. The van der Waals surface area contributed by atoms with Crippen molar-refractivity contribution in [3.05, 3.63) is 28.4 Å². The molecule has 1 fully saturated rings. The van der Waals surface area contributed by atoms with Gasteiger partial charge in [-0.3, -0.25) is 4.79 Å². The molecule has 84 valence electrons. The molecule has 1 saturated heterocycles. The molecular weight excluding hydrogens is 200 g/mol. The standard InChI is InChI=1S/C13H16N2O/c14-8-9-3-5-15(6-4-9)10-1-2-11-12(7-10)13(11)16/h1-2,7,9H,3-6,8,14H2. The zero-order valence-electron chi connectivity index (χ0n) is 9.28. The lowest BCUT2D eigenvalue weighted by Crippen LogP contribution is -2.35. The van der Waals surface area contributed by atoms with Crippen molar-refractivity contribution >= 4 is 16.5 Å². The Morgan fingerprint density at radius 1 is 1.25 bits per heavy atom. The minimum atomic E-state index is 0.225. The van der Waals surface area contributed by atoms with Crippen molar-refractivity contribution in [3.8, 4) is 0 Å². The molecule has 0 bridgehead atoms. The molecule has 3 rings (SSSR count). The third-order valence-electron chi connectivity index (χ3n) is 3.74. The van der Waals surface area contributed by atoms with Crippen LogP contribution in [0.15, 0.2) is 23.0 Å². The Morgan fingerprint density at radius 2 is 2.00 bits per heavy atom. The first-order chi connectivity index (χ1) is 7.79. The fourth-order valence-corrected chi connectivity index (χ4v) is 2.50. The molecule has 3 nitrogen and oxygen atoms in total. The van der Waals surface area contributed by atoms with Crippen LogP contribution in [0.5, 0.6) is 0 Å². The second-order valence-electron chi connectivity index (χ2n) is 4.73. The molecule has 0 radical (unpaired) electrons. The molecule has 0 atom stereocenters. The Labute approximate surface area is 94.5 Å². The number of rotatable bonds is 2. The van der Waals surface area contributed by atoms with Crippen LogP contribution in [0, 0.1) is 5.92 Å². The van der Waals surface area contributed by atoms with Crippen LogP contribution in [0.4, 0.5) is 5.69 Å². The van der Waals surface area contributed by atoms with Gasteiger partial charge in [0.1, 0.15) is 0 Å². The van der Waals surface area contributed by atoms with Crippen molar-refractivity contribution in [2.24, 2.45) is 11.7 Å². The molecule has 0 aromatic heterocycles. The highest BCUT2D eigenvalue weighted by Crippen LogP contribution is 2.26. The number of piperidine rings is 1. The van der Waals surface area contributed by atoms with Crippen LogP contribution in [0.1, 0.15) is 12.8 Å². The molecular formula is C13H16N2O. The van der Waals surface area contributed by atoms with Crippen molar-refractivity contribution in [3.63, 3.8) is 0 Å². The molecule has 3 heteroatoms. The summed E-state index contributed by atoms with van der Waals surface area (Å²) < 4.78 is 0. The smallest absolute Gasteiger partial charge is 0.194 e. The summed E-state index contributed by atoms with van der Waals surface area (Å²) >= 11 is 0. The van der Waals surface area contributed by atoms with Crippen molar-refractivity contribution in [2.45, 2.75) is 12.8 Å². The van der Waals surface area contributed by atoms with Gasteiger partial charge in [0, 0.05) is 29.5 Å². The number of hydrogen-bond donors (Lipinski definition) is 1. The highest BCUT2D eigenvalue weighted by molar-refractivity contribution is 5.99. The van der Waals surface area contributed by atoms with Crippen LogP contribution < -0.4 is 16.1 Å². The first kappa shape index (κ1) is 9.85. The van der Waals surface area contributed by atoms with Gasteiger partial charge in [-0.15, -0.1) is 0 Å². The minimum absolute atomic E-state index is 0.225. The van der Waals surface area contributed by atoms with Gasteiger partial charge in [0.15, 0.2) is 5.43 Å². The Balaban J connectivity index is 1.76. The zero-order chi connectivity index (χ0) is 11.1. The summed E-state index contributed by atoms with van der Waals surface area (Å²) in [6.45, 7) is 2.93. The first-order valence-electron chi connectivity index (χ1n) is 5.93. The van der Waals surface area contributed by atoms with Crippen LogP contribution in [-0.4, -0.2) is 19.6 Å². The lowest BCUT2D eigenvalue weighted by Gasteiger charge is -2.32. The highest BCUT2D eigenvalue weighted by Gasteiger charge is 2.20. The van der Waals surface area contributed by atoms with E-state index >= 15 is 0 Å². The lowest BCUT2D eigenvalue weighted by molar-refractivity contribution is 0.414. The monoisotopic (exact) mass is 216 g/mol. The Bertz CT molecular complexity index is 517. The van der Waals surface area contributed by atoms with E-state index < -0.39 is 0 Å². The fourth-order valence-electron chi connectivity index (χ4n) is 2.50. The van der Waals surface area contributed by atoms with Gasteiger partial charge in [-0.1, -0.05) is 0 Å². The quantitative estimate of drug-likeness (QED) is 0.821. The molecule has 16 heavy (non-hydrogen) atoms. The molecule has 1 aliphatic heterocycles. The number of benzene rings is 1. The predicted molar refractivity (Wildman–Crippen MR) is 66.6 cm³/mol. The normalized spacial score (nSPS) is 18.7.